The maximum Gasteiger partial charge on any atom is 0.0480 e. The minimum atomic E-state index is 0.569. The summed E-state index contributed by atoms with van der Waals surface area (Å²) in [6.07, 6.45) is 2.33. The second kappa shape index (κ2) is 7.27. The van der Waals surface area contributed by atoms with Gasteiger partial charge in [-0.1, -0.05) is 46.3 Å². The monoisotopic (exact) mass is 311 g/mol. The predicted octanol–water partition coefficient (Wildman–Crippen LogP) is 3.28. The molecule has 2 rings (SSSR count). The molecule has 1 fully saturated rings. The zero-order valence-corrected chi connectivity index (χ0v) is 12.6. The van der Waals surface area contributed by atoms with Crippen LogP contribution in [0.2, 0.25) is 0 Å². The van der Waals surface area contributed by atoms with Gasteiger partial charge in [-0.05, 0) is 25.5 Å². The van der Waals surface area contributed by atoms with Crippen LogP contribution in [0.5, 0.6) is 0 Å². The van der Waals surface area contributed by atoms with Gasteiger partial charge >= 0.3 is 0 Å². The van der Waals surface area contributed by atoms with Crippen LogP contribution in [0.25, 0.3) is 0 Å². The number of hydrogen-bond donors (Lipinski definition) is 0. The Labute approximate surface area is 118 Å². The third-order valence-electron chi connectivity index (χ3n) is 3.78. The van der Waals surface area contributed by atoms with Crippen molar-refractivity contribution >= 4 is 15.9 Å². The summed E-state index contributed by atoms with van der Waals surface area (Å²) >= 11 is 3.65. The van der Waals surface area contributed by atoms with E-state index in [2.05, 4.69) is 58.2 Å². The van der Waals surface area contributed by atoms with Gasteiger partial charge in [0.15, 0.2) is 0 Å². The molecule has 3 heteroatoms. The maximum absolute atomic E-state index is 5.43. The van der Waals surface area contributed by atoms with Crippen LogP contribution in [0.4, 0.5) is 0 Å². The molecule has 100 valence electrons. The van der Waals surface area contributed by atoms with Crippen LogP contribution in [-0.4, -0.2) is 43.1 Å². The van der Waals surface area contributed by atoms with Gasteiger partial charge in [0.1, 0.15) is 0 Å². The zero-order chi connectivity index (χ0) is 12.8. The van der Waals surface area contributed by atoms with Gasteiger partial charge in [0, 0.05) is 37.0 Å². The third kappa shape index (κ3) is 3.81. The average molecular weight is 312 g/mol. The van der Waals surface area contributed by atoms with E-state index >= 15 is 0 Å². The van der Waals surface area contributed by atoms with Crippen LogP contribution in [0.15, 0.2) is 30.3 Å². The zero-order valence-electron chi connectivity index (χ0n) is 11.0. The molecule has 2 nitrogen and oxygen atoms in total. The van der Waals surface area contributed by atoms with Crippen molar-refractivity contribution in [1.82, 2.24) is 4.90 Å². The molecule has 1 aromatic rings. The summed E-state index contributed by atoms with van der Waals surface area (Å²) in [5.41, 5.74) is 1.42. The largest absolute Gasteiger partial charge is 0.381 e. The van der Waals surface area contributed by atoms with Crippen molar-refractivity contribution in [1.29, 1.82) is 0 Å². The highest BCUT2D eigenvalue weighted by molar-refractivity contribution is 9.09. The van der Waals surface area contributed by atoms with Crippen molar-refractivity contribution in [2.24, 2.45) is 0 Å². The predicted molar refractivity (Wildman–Crippen MR) is 79.4 cm³/mol. The van der Waals surface area contributed by atoms with Crippen LogP contribution in [0.1, 0.15) is 24.3 Å². The van der Waals surface area contributed by atoms with Crippen molar-refractivity contribution in [2.45, 2.75) is 24.8 Å². The van der Waals surface area contributed by atoms with Gasteiger partial charge in [0.05, 0.1) is 0 Å². The minimum absolute atomic E-state index is 0.569. The molecule has 1 aromatic carbocycles. The molecule has 0 bridgehead atoms. The summed E-state index contributed by atoms with van der Waals surface area (Å²) < 4.78 is 5.43. The van der Waals surface area contributed by atoms with E-state index in [9.17, 15) is 0 Å². The Balaban J connectivity index is 1.93. The molecule has 1 heterocycles. The Kier molecular flexibility index (Phi) is 5.67. The molecule has 0 aliphatic carbocycles. The van der Waals surface area contributed by atoms with E-state index in [-0.39, 0.29) is 0 Å². The molecule has 1 atom stereocenters. The molecule has 18 heavy (non-hydrogen) atoms. The minimum Gasteiger partial charge on any atom is -0.381 e. The molecule has 0 amide bonds. The van der Waals surface area contributed by atoms with E-state index in [0.717, 1.165) is 25.1 Å². The van der Waals surface area contributed by atoms with Crippen molar-refractivity contribution < 1.29 is 4.74 Å². The van der Waals surface area contributed by atoms with E-state index in [0.29, 0.717) is 12.0 Å². The van der Waals surface area contributed by atoms with Crippen LogP contribution in [-0.2, 0) is 4.74 Å². The van der Waals surface area contributed by atoms with Gasteiger partial charge in [0.2, 0.25) is 0 Å². The number of hydrogen-bond acceptors (Lipinski definition) is 2. The number of likely N-dealkylation sites (N-methyl/N-ethyl adjacent to an activating group) is 1. The number of benzene rings is 1. The lowest BCUT2D eigenvalue weighted by Gasteiger charge is -2.33. The highest BCUT2D eigenvalue weighted by atomic mass is 79.9. The molecule has 0 N–H and O–H groups in total. The average Bonchev–Trinajstić information content (AvgIpc) is 2.46. The van der Waals surface area contributed by atoms with Gasteiger partial charge in [-0.15, -0.1) is 0 Å². The van der Waals surface area contributed by atoms with Crippen molar-refractivity contribution in [3.8, 4) is 0 Å². The SMILES string of the molecule is CN(CC(CBr)c1ccccc1)C1CCOCC1. The van der Waals surface area contributed by atoms with Crippen molar-refractivity contribution in [3.05, 3.63) is 35.9 Å². The Morgan fingerprint density at radius 3 is 2.56 bits per heavy atom. The summed E-state index contributed by atoms with van der Waals surface area (Å²) in [4.78, 5) is 2.50. The molecule has 1 saturated heterocycles. The van der Waals surface area contributed by atoms with Gasteiger partial charge < -0.3 is 9.64 Å². The first-order chi connectivity index (χ1) is 8.81. The number of rotatable bonds is 5. The maximum atomic E-state index is 5.43. The summed E-state index contributed by atoms with van der Waals surface area (Å²) in [6.45, 7) is 2.94. The Morgan fingerprint density at radius 1 is 1.28 bits per heavy atom. The highest BCUT2D eigenvalue weighted by Gasteiger charge is 2.21. The van der Waals surface area contributed by atoms with Crippen LogP contribution in [0, 0.1) is 0 Å². The fraction of sp³-hybridized carbons (Fsp3) is 0.600. The number of halogens is 1. The summed E-state index contributed by atoms with van der Waals surface area (Å²) in [5, 5.41) is 1.02. The lowest BCUT2D eigenvalue weighted by Crippen LogP contribution is -2.39. The quantitative estimate of drug-likeness (QED) is 0.774. The molecule has 1 aliphatic heterocycles. The van der Waals surface area contributed by atoms with E-state index in [4.69, 9.17) is 4.74 Å². The lowest BCUT2D eigenvalue weighted by molar-refractivity contribution is 0.0418. The Bertz CT molecular complexity index is 338. The number of nitrogens with zero attached hydrogens (tertiary/aromatic N) is 1. The Hall–Kier alpha value is -0.380. The van der Waals surface area contributed by atoms with Gasteiger partial charge in [-0.2, -0.15) is 0 Å². The second-order valence-corrected chi connectivity index (χ2v) is 5.69. The fourth-order valence-electron chi connectivity index (χ4n) is 2.59. The first kappa shape index (κ1) is 14.0. The smallest absolute Gasteiger partial charge is 0.0480 e. The molecular formula is C15H22BrNO. The summed E-state index contributed by atoms with van der Waals surface area (Å²) in [6, 6.07) is 11.5. The fourth-order valence-corrected chi connectivity index (χ4v) is 3.17. The molecular weight excluding hydrogens is 290 g/mol. The number of ether oxygens (including phenoxy) is 1. The van der Waals surface area contributed by atoms with Gasteiger partial charge in [-0.25, -0.2) is 0 Å². The summed E-state index contributed by atoms with van der Waals surface area (Å²) in [7, 11) is 2.24. The number of alkyl halides is 1. The van der Waals surface area contributed by atoms with Crippen LogP contribution < -0.4 is 0 Å². The van der Waals surface area contributed by atoms with Crippen LogP contribution in [0.3, 0.4) is 0 Å². The molecule has 1 unspecified atom stereocenters. The van der Waals surface area contributed by atoms with E-state index in [1.807, 2.05) is 0 Å². The Morgan fingerprint density at radius 2 is 1.94 bits per heavy atom. The first-order valence-corrected chi connectivity index (χ1v) is 7.82. The molecule has 0 spiro atoms. The second-order valence-electron chi connectivity index (χ2n) is 5.05. The van der Waals surface area contributed by atoms with E-state index in [1.54, 1.807) is 0 Å². The molecule has 0 aromatic heterocycles. The molecule has 0 saturated carbocycles. The highest BCUT2D eigenvalue weighted by Crippen LogP contribution is 2.22. The van der Waals surface area contributed by atoms with Gasteiger partial charge in [0.25, 0.3) is 0 Å². The third-order valence-corrected chi connectivity index (χ3v) is 4.56. The van der Waals surface area contributed by atoms with E-state index < -0.39 is 0 Å². The topological polar surface area (TPSA) is 12.5 Å². The molecule has 0 radical (unpaired) electrons. The first-order valence-electron chi connectivity index (χ1n) is 6.70. The normalized spacial score (nSPS) is 19.1. The van der Waals surface area contributed by atoms with Gasteiger partial charge in [-0.3, -0.25) is 0 Å². The van der Waals surface area contributed by atoms with Crippen molar-refractivity contribution in [2.75, 3.05) is 32.1 Å². The lowest BCUT2D eigenvalue weighted by atomic mass is 9.99. The summed E-state index contributed by atoms with van der Waals surface area (Å²) in [5.74, 6) is 0.569. The van der Waals surface area contributed by atoms with E-state index in [1.165, 1.54) is 18.4 Å². The van der Waals surface area contributed by atoms with Crippen molar-refractivity contribution in [3.63, 3.8) is 0 Å². The molecule has 1 aliphatic rings. The van der Waals surface area contributed by atoms with Crippen LogP contribution >= 0.6 is 15.9 Å². The standard InChI is InChI=1S/C15H22BrNO/c1-17(15-7-9-18-10-8-15)12-14(11-16)13-5-3-2-4-6-13/h2-6,14-15H,7-12H2,1H3.